The number of anilines is 2. The van der Waals surface area contributed by atoms with Gasteiger partial charge in [-0.25, -0.2) is 4.21 Å². The monoisotopic (exact) mass is 1130 g/mol. The van der Waals surface area contributed by atoms with Crippen molar-refractivity contribution in [1.29, 1.82) is 0 Å². The van der Waals surface area contributed by atoms with Crippen molar-refractivity contribution >= 4 is 49.6 Å². The molecule has 7 aliphatic rings. The van der Waals surface area contributed by atoms with Crippen LogP contribution in [0.3, 0.4) is 0 Å². The van der Waals surface area contributed by atoms with Crippen molar-refractivity contribution in [3.05, 3.63) is 118 Å². The first-order valence-corrected chi connectivity index (χ1v) is 32.9. The van der Waals surface area contributed by atoms with Crippen LogP contribution in [-0.2, 0) is 57.4 Å². The Kier molecular flexibility index (Phi) is 18.0. The highest BCUT2D eigenvalue weighted by Crippen LogP contribution is 2.50. The van der Waals surface area contributed by atoms with Crippen molar-refractivity contribution < 1.29 is 41.7 Å². The maximum atomic E-state index is 15.1. The minimum absolute atomic E-state index is 0.0428. The molecule has 80 heavy (non-hydrogen) atoms. The molecule has 0 aromatic heterocycles. The normalized spacial score (nSPS) is 29.8. The lowest BCUT2D eigenvalue weighted by molar-refractivity contribution is -0.119. The molecule has 3 amide bonds. The van der Waals surface area contributed by atoms with E-state index in [1.807, 2.05) is 38.5 Å². The van der Waals surface area contributed by atoms with Crippen molar-refractivity contribution in [3.8, 4) is 11.5 Å². The van der Waals surface area contributed by atoms with Crippen LogP contribution >= 0.6 is 0 Å². The Morgan fingerprint density at radius 1 is 0.725 bits per heavy atom. The standard InChI is InChI=1S/C64H82N5O9S2/c1-75-57-20-5-3-13-35-79(73)65-62(71)46-24-30-60-56(37-46)69(41-50-23-28-53(50)57)42-64(43-78-60)33-32-45(51-18-9-10-19-54(51)64)26-31-61(70)66-80(74)36-14-4-6-21-58(76-2)52-27-22-49(52)40-68-39-48-17-8-7-15-44(48)16-11-12-34-77-59-29-25-47(38-55(59)68)63(72)67-80/h7-10,15,17-19,24-25,29-30,37-38,45,49-50,52-53,57-58H,3-6,11-14,16,20-23,26-28,31-36,39-43H2,1-2H3,(H,66,67,70,72,74)/q-1/t45?,49-,50-,52+,53+,57-,58-,64-,80?/m0/s1. The zero-order valence-corrected chi connectivity index (χ0v) is 48.6. The molecule has 4 aromatic carbocycles. The number of amides is 3. The smallest absolute Gasteiger partial charge is 0.286 e. The highest BCUT2D eigenvalue weighted by atomic mass is 32.2. The first-order chi connectivity index (χ1) is 39.0. The molecule has 4 aromatic rings. The third-order valence-electron chi connectivity index (χ3n) is 19.2. The maximum Gasteiger partial charge on any atom is 0.286 e. The van der Waals surface area contributed by atoms with Gasteiger partial charge < -0.3 is 37.3 Å². The van der Waals surface area contributed by atoms with E-state index in [4.69, 9.17) is 18.9 Å². The fourth-order valence-electron chi connectivity index (χ4n) is 14.4. The van der Waals surface area contributed by atoms with Crippen LogP contribution in [0.5, 0.6) is 11.5 Å². The molecule has 2 saturated carbocycles. The molecule has 2 fully saturated rings. The van der Waals surface area contributed by atoms with Crippen LogP contribution < -0.4 is 24.0 Å². The van der Waals surface area contributed by atoms with Crippen LogP contribution in [0, 0.1) is 23.7 Å². The summed E-state index contributed by atoms with van der Waals surface area (Å²) < 4.78 is 65.2. The van der Waals surface area contributed by atoms with E-state index in [1.165, 1.54) is 22.3 Å². The van der Waals surface area contributed by atoms with E-state index in [0.29, 0.717) is 91.2 Å². The van der Waals surface area contributed by atoms with Crippen LogP contribution in [-0.4, -0.2) is 92.7 Å². The van der Waals surface area contributed by atoms with E-state index in [1.54, 1.807) is 12.1 Å². The average Bonchev–Trinajstić information content (AvgIpc) is 3.75. The molecule has 4 bridgehead atoms. The molecule has 2 unspecified atom stereocenters. The van der Waals surface area contributed by atoms with E-state index in [0.717, 1.165) is 127 Å². The molecule has 430 valence electrons. The van der Waals surface area contributed by atoms with Crippen LogP contribution in [0.25, 0.3) is 0 Å². The molecule has 0 radical (unpaired) electrons. The maximum absolute atomic E-state index is 15.1. The molecule has 9 atom stereocenters. The topological polar surface area (TPSA) is 165 Å². The number of benzene rings is 4. The van der Waals surface area contributed by atoms with Gasteiger partial charge in [0.05, 0.1) is 42.5 Å². The van der Waals surface area contributed by atoms with E-state index >= 15 is 4.21 Å². The second-order valence-corrected chi connectivity index (χ2v) is 27.4. The zero-order valence-electron chi connectivity index (χ0n) is 47.0. The molecule has 14 nitrogen and oxygen atoms in total. The lowest BCUT2D eigenvalue weighted by atomic mass is 9.65. The number of carbonyl (C=O) groups excluding carboxylic acids is 3. The highest BCUT2D eigenvalue weighted by Gasteiger charge is 2.46. The highest BCUT2D eigenvalue weighted by molar-refractivity contribution is 7.92. The van der Waals surface area contributed by atoms with Gasteiger partial charge in [-0.1, -0.05) is 86.4 Å². The van der Waals surface area contributed by atoms with Gasteiger partial charge in [-0.2, -0.15) is 10.6 Å². The van der Waals surface area contributed by atoms with Crippen molar-refractivity contribution in [2.45, 2.75) is 152 Å². The number of fused-ring (bicyclic) bond motifs is 7. The summed E-state index contributed by atoms with van der Waals surface area (Å²) in [6.07, 6.45) is 16.4. The molecule has 4 aliphatic heterocycles. The number of methoxy groups -OCH3 is 2. The summed E-state index contributed by atoms with van der Waals surface area (Å²) in [6.45, 7) is 3.88. The quantitative estimate of drug-likeness (QED) is 0.183. The summed E-state index contributed by atoms with van der Waals surface area (Å²) in [5.74, 6) is 2.06. The van der Waals surface area contributed by atoms with Gasteiger partial charge >= 0.3 is 0 Å². The third kappa shape index (κ3) is 12.7. The van der Waals surface area contributed by atoms with Crippen molar-refractivity contribution in [2.24, 2.45) is 32.4 Å². The molecule has 0 saturated heterocycles. The summed E-state index contributed by atoms with van der Waals surface area (Å²) >= 11 is 0. The average molecular weight is 1130 g/mol. The molecular formula is C64H82N5O9S2-. The second-order valence-electron chi connectivity index (χ2n) is 24.1. The molecule has 3 aliphatic carbocycles. The first kappa shape index (κ1) is 56.6. The van der Waals surface area contributed by atoms with Gasteiger partial charge in [0.2, 0.25) is 5.91 Å². The van der Waals surface area contributed by atoms with Crippen LogP contribution in [0.1, 0.15) is 164 Å². The number of rotatable bonds is 6. The Hall–Kier alpha value is -5.29. The number of hydrogen-bond acceptors (Lipinski definition) is 12. The van der Waals surface area contributed by atoms with Crippen LogP contribution in [0.15, 0.2) is 93.7 Å². The summed E-state index contributed by atoms with van der Waals surface area (Å²) in [4.78, 5) is 47.1. The number of nitrogens with zero attached hydrogens (tertiary/aromatic N) is 4. The van der Waals surface area contributed by atoms with Crippen LogP contribution in [0.4, 0.5) is 11.4 Å². The Bertz CT molecular complexity index is 3120. The lowest BCUT2D eigenvalue weighted by Crippen LogP contribution is -2.50. The van der Waals surface area contributed by atoms with Gasteiger partial charge in [-0.3, -0.25) is 19.1 Å². The predicted octanol–water partition coefficient (Wildman–Crippen LogP) is 12.1. The molecule has 1 spiro atoms. The lowest BCUT2D eigenvalue weighted by Gasteiger charge is -2.47. The first-order valence-electron chi connectivity index (χ1n) is 30.0. The summed E-state index contributed by atoms with van der Waals surface area (Å²) in [6, 6.07) is 28.2. The number of aryl methyl sites for hydroxylation is 1. The number of hydrogen-bond donors (Lipinski definition) is 1. The third-order valence-corrected chi connectivity index (χ3v) is 22.0. The SMILES string of the molecule is CO[C@H]1CCCCCS(=O)(NC(=O)CCC2CC[C@]3(COc4ccc5cc4N(C[C@@H]4CC[C@H]4[C@@H](OC)CCCCC[S-](=O)=NC5=O)C3)c3ccccc32)=NC(=O)c2ccc3c(c2)N(Cc2ccccc2CCCCO3)C[C@@H]2CC[C@H]21. The largest absolute Gasteiger partial charge is 0.491 e. The molecule has 16 heteroatoms. The Balaban J connectivity index is 0.842. The molecule has 11 rings (SSSR count). The molecule has 1 N–H and O–H groups in total. The Morgan fingerprint density at radius 2 is 1.39 bits per heavy atom. The zero-order chi connectivity index (χ0) is 55.2. The van der Waals surface area contributed by atoms with E-state index in [-0.39, 0.29) is 36.2 Å². The number of nitrogens with one attached hydrogen (secondary N) is 1. The molecule has 4 heterocycles. The predicted molar refractivity (Wildman–Crippen MR) is 314 cm³/mol. The minimum Gasteiger partial charge on any atom is -0.491 e. The minimum atomic E-state index is -3.52. The van der Waals surface area contributed by atoms with Gasteiger partial charge in [0, 0.05) is 63.4 Å². The van der Waals surface area contributed by atoms with Gasteiger partial charge in [0.1, 0.15) is 21.4 Å². The summed E-state index contributed by atoms with van der Waals surface area (Å²) in [5.41, 5.74) is 6.94. The summed E-state index contributed by atoms with van der Waals surface area (Å²) in [7, 11) is -1.48. The Labute approximate surface area is 476 Å². The van der Waals surface area contributed by atoms with E-state index in [9.17, 15) is 18.6 Å². The van der Waals surface area contributed by atoms with Gasteiger partial charge in [-0.15, -0.1) is 4.36 Å². The fraction of sp³-hybridized carbons (Fsp3) is 0.578. The van der Waals surface area contributed by atoms with Gasteiger partial charge in [0.15, 0.2) is 0 Å². The van der Waals surface area contributed by atoms with Crippen molar-refractivity contribution in [2.75, 3.05) is 68.4 Å². The fourth-order valence-corrected chi connectivity index (χ4v) is 16.9. The van der Waals surface area contributed by atoms with Crippen LogP contribution in [0.2, 0.25) is 0 Å². The van der Waals surface area contributed by atoms with Crippen molar-refractivity contribution in [3.63, 3.8) is 0 Å². The number of ether oxygens (including phenoxy) is 4. The molecular weight excluding hydrogens is 1050 g/mol. The van der Waals surface area contributed by atoms with Gasteiger partial charge in [-0.05, 0) is 172 Å². The van der Waals surface area contributed by atoms with E-state index in [2.05, 4.69) is 71.8 Å². The second kappa shape index (κ2) is 25.5. The van der Waals surface area contributed by atoms with Gasteiger partial charge in [0.25, 0.3) is 11.8 Å². The Morgan fingerprint density at radius 3 is 2.11 bits per heavy atom. The number of carbonyl (C=O) groups is 3. The van der Waals surface area contributed by atoms with E-state index < -0.39 is 37.7 Å². The van der Waals surface area contributed by atoms with Crippen molar-refractivity contribution in [1.82, 2.24) is 4.72 Å². The summed E-state index contributed by atoms with van der Waals surface area (Å²) in [5, 5.41) is 0.